The summed E-state index contributed by atoms with van der Waals surface area (Å²) in [6.45, 7) is 1.87. The molecular weight excluding hydrogens is 452 g/mol. The van der Waals surface area contributed by atoms with Gasteiger partial charge >= 0.3 is 12.4 Å². The quantitative estimate of drug-likeness (QED) is 0.477. The summed E-state index contributed by atoms with van der Waals surface area (Å²) >= 11 is 0. The van der Waals surface area contributed by atoms with Crippen LogP contribution >= 0.6 is 0 Å². The smallest absolute Gasteiger partial charge is 0.376 e. The molecule has 180 valence electrons. The highest BCUT2D eigenvalue weighted by molar-refractivity contribution is 5.79. The molecule has 0 amide bonds. The first-order chi connectivity index (χ1) is 15.4. The predicted octanol–water partition coefficient (Wildman–Crippen LogP) is 4.88. The van der Waals surface area contributed by atoms with Crippen LogP contribution in [0.4, 0.5) is 43.4 Å². The number of rotatable bonds is 5. The number of alkyl halides is 6. The van der Waals surface area contributed by atoms with Crippen LogP contribution in [0.3, 0.4) is 0 Å². The Morgan fingerprint density at radius 1 is 0.758 bits per heavy atom. The fourth-order valence-corrected chi connectivity index (χ4v) is 4.80. The van der Waals surface area contributed by atoms with Crippen LogP contribution in [0.1, 0.15) is 49.7 Å². The van der Waals surface area contributed by atoms with Crippen molar-refractivity contribution in [3.63, 3.8) is 0 Å². The van der Waals surface area contributed by atoms with Gasteiger partial charge in [0.25, 0.3) is 10.9 Å². The van der Waals surface area contributed by atoms with Gasteiger partial charge in [0.05, 0.1) is 11.1 Å². The fraction of sp³-hybridized carbons (Fsp3) is 0.545. The molecule has 0 bridgehead atoms. The summed E-state index contributed by atoms with van der Waals surface area (Å²) in [5.74, 6) is 0. The minimum atomic E-state index is -5.02. The lowest BCUT2D eigenvalue weighted by Gasteiger charge is -2.39. The number of likely N-dealkylation sites (tertiary alicyclic amines) is 1. The molecule has 2 fully saturated rings. The lowest BCUT2D eigenvalue weighted by Crippen LogP contribution is -2.50. The van der Waals surface area contributed by atoms with Crippen LogP contribution in [0, 0.1) is 0 Å². The third-order valence-corrected chi connectivity index (χ3v) is 6.44. The minimum absolute atomic E-state index is 0.00907. The van der Waals surface area contributed by atoms with Crippen LogP contribution in [0.2, 0.25) is 0 Å². The molecule has 5 nitrogen and oxygen atoms in total. The summed E-state index contributed by atoms with van der Waals surface area (Å²) in [6.07, 6.45) is -4.26. The van der Waals surface area contributed by atoms with E-state index < -0.39 is 40.0 Å². The van der Waals surface area contributed by atoms with Crippen molar-refractivity contribution in [3.05, 3.63) is 49.8 Å². The van der Waals surface area contributed by atoms with E-state index in [0.29, 0.717) is 12.1 Å². The van der Waals surface area contributed by atoms with Gasteiger partial charge in [-0.05, 0) is 57.0 Å². The Kier molecular flexibility index (Phi) is 6.19. The maximum Gasteiger partial charge on any atom is 0.416 e. The van der Waals surface area contributed by atoms with Gasteiger partial charge in [0, 0.05) is 17.8 Å². The van der Waals surface area contributed by atoms with Crippen LogP contribution in [-0.2, 0) is 12.4 Å². The molecule has 2 aromatic rings. The van der Waals surface area contributed by atoms with E-state index in [4.69, 9.17) is 0 Å². The Morgan fingerprint density at radius 2 is 1.30 bits per heavy atom. The molecule has 2 aromatic carbocycles. The van der Waals surface area contributed by atoms with E-state index in [-0.39, 0.29) is 29.5 Å². The first-order valence-corrected chi connectivity index (χ1v) is 10.9. The normalized spacial score (nSPS) is 22.6. The molecule has 2 atom stereocenters. The molecule has 4 rings (SSSR count). The summed E-state index contributed by atoms with van der Waals surface area (Å²) in [5, 5.41) is 5.42. The van der Waals surface area contributed by atoms with Crippen LogP contribution < -0.4 is 21.5 Å². The molecule has 0 radical (unpaired) electrons. The molecule has 0 spiro atoms. The maximum absolute atomic E-state index is 13.1. The predicted molar refractivity (Wildman–Crippen MR) is 112 cm³/mol. The Hall–Kier alpha value is -2.56. The number of anilines is 3. The molecule has 1 saturated carbocycles. The van der Waals surface area contributed by atoms with E-state index in [9.17, 15) is 35.9 Å². The molecule has 1 aliphatic heterocycles. The van der Waals surface area contributed by atoms with Crippen LogP contribution in [0.5, 0.6) is 0 Å². The highest BCUT2D eigenvalue weighted by Gasteiger charge is 2.38. The van der Waals surface area contributed by atoms with Crippen molar-refractivity contribution in [1.82, 2.24) is 4.90 Å². The summed E-state index contributed by atoms with van der Waals surface area (Å²) in [5.41, 5.74) is -5.76. The van der Waals surface area contributed by atoms with Gasteiger partial charge in [-0.1, -0.05) is 12.8 Å². The van der Waals surface area contributed by atoms with E-state index in [1.54, 1.807) is 0 Å². The number of hydrogen-bond acceptors (Lipinski definition) is 5. The molecule has 1 saturated heterocycles. The van der Waals surface area contributed by atoms with E-state index in [1.807, 2.05) is 0 Å². The largest absolute Gasteiger partial charge is 0.416 e. The van der Waals surface area contributed by atoms with Crippen molar-refractivity contribution in [2.45, 2.75) is 63.0 Å². The molecule has 1 aliphatic carbocycles. The second-order valence-corrected chi connectivity index (χ2v) is 8.67. The minimum Gasteiger partial charge on any atom is -0.376 e. The second-order valence-electron chi connectivity index (χ2n) is 8.67. The van der Waals surface area contributed by atoms with Gasteiger partial charge in [-0.15, -0.1) is 0 Å². The average Bonchev–Trinajstić information content (AvgIpc) is 3.29. The van der Waals surface area contributed by atoms with Gasteiger partial charge in [-0.25, -0.2) is 0 Å². The SMILES string of the molecule is O=c1c(Nc2cc(C(F)(F)F)cc(C(F)(F)F)c2)c(N[C@@H]2CCCC[C@@H]2N2CCCC2)c1=O. The maximum atomic E-state index is 13.1. The van der Waals surface area contributed by atoms with E-state index >= 15 is 0 Å². The first kappa shape index (κ1) is 23.6. The van der Waals surface area contributed by atoms with Crippen molar-refractivity contribution in [1.29, 1.82) is 0 Å². The summed E-state index contributed by atoms with van der Waals surface area (Å²) in [7, 11) is 0. The highest BCUT2D eigenvalue weighted by atomic mass is 19.4. The average molecular weight is 475 g/mol. The van der Waals surface area contributed by atoms with Crippen molar-refractivity contribution in [3.8, 4) is 0 Å². The van der Waals surface area contributed by atoms with Gasteiger partial charge in [0.15, 0.2) is 0 Å². The number of nitrogens with one attached hydrogen (secondary N) is 2. The number of nitrogens with zero attached hydrogens (tertiary/aromatic N) is 1. The topological polar surface area (TPSA) is 61.4 Å². The number of hydrogen-bond donors (Lipinski definition) is 2. The molecule has 11 heteroatoms. The molecule has 2 N–H and O–H groups in total. The third-order valence-electron chi connectivity index (χ3n) is 6.44. The van der Waals surface area contributed by atoms with Gasteiger partial charge in [0.1, 0.15) is 11.4 Å². The van der Waals surface area contributed by atoms with Crippen molar-refractivity contribution >= 4 is 17.1 Å². The summed E-state index contributed by atoms with van der Waals surface area (Å²) < 4.78 is 78.8. The Labute approximate surface area is 185 Å². The highest BCUT2D eigenvalue weighted by Crippen LogP contribution is 2.38. The van der Waals surface area contributed by atoms with Crippen LogP contribution in [-0.4, -0.2) is 30.1 Å². The van der Waals surface area contributed by atoms with E-state index in [1.165, 1.54) is 0 Å². The zero-order chi connectivity index (χ0) is 24.0. The van der Waals surface area contributed by atoms with Crippen molar-refractivity contribution in [2.75, 3.05) is 23.7 Å². The van der Waals surface area contributed by atoms with Gasteiger partial charge in [-0.2, -0.15) is 26.3 Å². The third kappa shape index (κ3) is 4.87. The zero-order valence-corrected chi connectivity index (χ0v) is 17.6. The Balaban J connectivity index is 1.61. The fourth-order valence-electron chi connectivity index (χ4n) is 4.80. The number of halogens is 6. The monoisotopic (exact) mass is 475 g/mol. The van der Waals surface area contributed by atoms with Gasteiger partial charge in [0.2, 0.25) is 0 Å². The van der Waals surface area contributed by atoms with Crippen LogP contribution in [0.25, 0.3) is 0 Å². The molecule has 1 heterocycles. The lowest BCUT2D eigenvalue weighted by atomic mass is 9.88. The summed E-state index contributed by atoms with van der Waals surface area (Å²) in [6, 6.07) is 1.01. The van der Waals surface area contributed by atoms with Gasteiger partial charge < -0.3 is 10.6 Å². The lowest BCUT2D eigenvalue weighted by molar-refractivity contribution is -0.143. The van der Waals surface area contributed by atoms with E-state index in [0.717, 1.165) is 51.6 Å². The molecular formula is C22H23F6N3O2. The molecule has 33 heavy (non-hydrogen) atoms. The van der Waals surface area contributed by atoms with E-state index in [2.05, 4.69) is 15.5 Å². The standard InChI is InChI=1S/C22H23F6N3O2/c23-21(24,25)12-9-13(22(26,27)28)11-14(10-12)29-17-18(20(33)19(17)32)30-15-5-1-2-6-16(15)31-7-3-4-8-31/h9-11,15-16,29-30H,1-8H2/t15-,16+/m1/s1. The zero-order valence-electron chi connectivity index (χ0n) is 17.6. The Morgan fingerprint density at radius 3 is 1.88 bits per heavy atom. The second kappa shape index (κ2) is 8.66. The van der Waals surface area contributed by atoms with Gasteiger partial charge in [-0.3, -0.25) is 14.5 Å². The number of benzene rings is 1. The Bertz CT molecular complexity index is 1050. The summed E-state index contributed by atoms with van der Waals surface area (Å²) in [4.78, 5) is 26.7. The molecule has 2 aliphatic rings. The van der Waals surface area contributed by atoms with Crippen LogP contribution in [0.15, 0.2) is 27.8 Å². The first-order valence-electron chi connectivity index (χ1n) is 10.9. The molecule has 0 unspecified atom stereocenters. The van der Waals surface area contributed by atoms with Crippen molar-refractivity contribution < 1.29 is 26.3 Å². The molecule has 0 aromatic heterocycles. The van der Waals surface area contributed by atoms with Crippen molar-refractivity contribution in [2.24, 2.45) is 0 Å².